The molecule has 0 bridgehead atoms. The summed E-state index contributed by atoms with van der Waals surface area (Å²) in [5.74, 6) is 2.26. The van der Waals surface area contributed by atoms with Crippen molar-refractivity contribution >= 4 is 17.3 Å². The summed E-state index contributed by atoms with van der Waals surface area (Å²) in [5.41, 5.74) is 3.07. The second kappa shape index (κ2) is 12.3. The summed E-state index contributed by atoms with van der Waals surface area (Å²) in [5, 5.41) is 6.41. The summed E-state index contributed by atoms with van der Waals surface area (Å²) in [6.45, 7) is 9.85. The van der Waals surface area contributed by atoms with E-state index < -0.39 is 0 Å². The molecule has 1 aromatic carbocycles. The largest absolute Gasteiger partial charge is 0.493 e. The minimum absolute atomic E-state index is 0.000717. The van der Waals surface area contributed by atoms with Crippen molar-refractivity contribution in [2.45, 2.75) is 39.5 Å². The Labute approximate surface area is 189 Å². The van der Waals surface area contributed by atoms with E-state index >= 15 is 0 Å². The highest BCUT2D eigenvalue weighted by molar-refractivity contribution is 7.09. The molecule has 2 aromatic rings. The predicted molar refractivity (Wildman–Crippen MR) is 127 cm³/mol. The van der Waals surface area contributed by atoms with E-state index in [1.54, 1.807) is 32.7 Å². The molecule has 7 nitrogen and oxygen atoms in total. The number of guanidine groups is 1. The first-order chi connectivity index (χ1) is 15.0. The Morgan fingerprint density at radius 1 is 1.32 bits per heavy atom. The van der Waals surface area contributed by atoms with E-state index in [1.165, 1.54) is 0 Å². The van der Waals surface area contributed by atoms with Crippen LogP contribution in [-0.4, -0.2) is 50.8 Å². The van der Waals surface area contributed by atoms with Crippen LogP contribution >= 0.6 is 11.3 Å². The molecule has 1 heterocycles. The summed E-state index contributed by atoms with van der Waals surface area (Å²) in [4.78, 5) is 11.6. The number of methoxy groups -OCH3 is 3. The van der Waals surface area contributed by atoms with Gasteiger partial charge >= 0.3 is 0 Å². The van der Waals surface area contributed by atoms with E-state index in [2.05, 4.69) is 40.1 Å². The molecule has 0 spiro atoms. The molecule has 0 radical (unpaired) electrons. The van der Waals surface area contributed by atoms with Crippen molar-refractivity contribution in [3.63, 3.8) is 0 Å². The van der Waals surface area contributed by atoms with Crippen molar-refractivity contribution in [2.75, 3.05) is 34.9 Å². The maximum absolute atomic E-state index is 5.53. The molecule has 170 valence electrons. The first-order valence-electron chi connectivity index (χ1n) is 10.3. The van der Waals surface area contributed by atoms with Gasteiger partial charge in [-0.2, -0.15) is 0 Å². The molecule has 0 fully saturated rings. The number of rotatable bonds is 11. The number of aliphatic imine (C=N–C) groups is 1. The zero-order valence-electron chi connectivity index (χ0n) is 19.4. The summed E-state index contributed by atoms with van der Waals surface area (Å²) in [6, 6.07) is 4.06. The summed E-state index contributed by atoms with van der Waals surface area (Å²) in [7, 11) is 7.01. The van der Waals surface area contributed by atoms with Crippen LogP contribution in [0.4, 0.5) is 0 Å². The third-order valence-corrected chi connectivity index (χ3v) is 5.81. The van der Waals surface area contributed by atoms with Gasteiger partial charge in [0.1, 0.15) is 11.1 Å². The minimum Gasteiger partial charge on any atom is -0.493 e. The van der Waals surface area contributed by atoms with Crippen LogP contribution in [0.3, 0.4) is 0 Å². The third kappa shape index (κ3) is 6.70. The van der Waals surface area contributed by atoms with Gasteiger partial charge in [0.15, 0.2) is 17.5 Å². The number of nitrogens with zero attached hydrogens (tertiary/aromatic N) is 3. The van der Waals surface area contributed by atoms with Crippen LogP contribution in [0.25, 0.3) is 0 Å². The monoisotopic (exact) mass is 446 g/mol. The molecule has 0 aliphatic heterocycles. The lowest BCUT2D eigenvalue weighted by atomic mass is 10.1. The van der Waals surface area contributed by atoms with Crippen LogP contribution in [0.1, 0.15) is 41.8 Å². The second-order valence-corrected chi connectivity index (χ2v) is 7.95. The first kappa shape index (κ1) is 24.7. The molecule has 8 heteroatoms. The molecular formula is C23H34N4O3S. The second-order valence-electron chi connectivity index (χ2n) is 7.06. The fourth-order valence-electron chi connectivity index (χ4n) is 3.14. The third-order valence-electron chi connectivity index (χ3n) is 4.76. The molecule has 2 rings (SSSR count). The molecule has 0 aliphatic carbocycles. The molecule has 1 atom stereocenters. The Bertz CT molecular complexity index is 882. The Hall–Kier alpha value is -2.58. The van der Waals surface area contributed by atoms with Crippen molar-refractivity contribution in [3.8, 4) is 11.5 Å². The molecule has 0 saturated carbocycles. The average molecular weight is 447 g/mol. The lowest BCUT2D eigenvalue weighted by Gasteiger charge is -2.21. The number of aromatic nitrogens is 1. The fraction of sp³-hybridized carbons (Fsp3) is 0.478. The van der Waals surface area contributed by atoms with Crippen molar-refractivity contribution in [1.82, 2.24) is 15.2 Å². The lowest BCUT2D eigenvalue weighted by Crippen LogP contribution is -2.38. The van der Waals surface area contributed by atoms with E-state index in [0.717, 1.165) is 40.1 Å². The fourth-order valence-corrected chi connectivity index (χ4v) is 3.98. The summed E-state index contributed by atoms with van der Waals surface area (Å²) < 4.78 is 16.4. The van der Waals surface area contributed by atoms with Gasteiger partial charge in [0, 0.05) is 31.6 Å². The topological polar surface area (TPSA) is 68.2 Å². The zero-order valence-corrected chi connectivity index (χ0v) is 20.2. The van der Waals surface area contributed by atoms with Gasteiger partial charge in [0.05, 0.1) is 33.0 Å². The zero-order chi connectivity index (χ0) is 22.8. The smallest absolute Gasteiger partial charge is 0.194 e. The number of nitrogens with one attached hydrogen (secondary N) is 1. The number of hydrogen-bond donors (Lipinski definition) is 1. The number of ether oxygens (including phenoxy) is 3. The van der Waals surface area contributed by atoms with E-state index in [9.17, 15) is 0 Å². The number of hydrogen-bond acceptors (Lipinski definition) is 6. The molecule has 1 aromatic heterocycles. The molecule has 1 N–H and O–H groups in total. The van der Waals surface area contributed by atoms with Crippen LogP contribution in [0.2, 0.25) is 0 Å². The van der Waals surface area contributed by atoms with Crippen molar-refractivity contribution < 1.29 is 14.2 Å². The highest BCUT2D eigenvalue weighted by Gasteiger charge is 2.14. The predicted octanol–water partition coefficient (Wildman–Crippen LogP) is 4.19. The van der Waals surface area contributed by atoms with Gasteiger partial charge in [-0.05, 0) is 38.0 Å². The molecule has 31 heavy (non-hydrogen) atoms. The van der Waals surface area contributed by atoms with Gasteiger partial charge in [-0.3, -0.25) is 0 Å². The molecule has 0 amide bonds. The highest BCUT2D eigenvalue weighted by Crippen LogP contribution is 2.33. The van der Waals surface area contributed by atoms with Crippen LogP contribution in [-0.2, 0) is 24.2 Å². The van der Waals surface area contributed by atoms with E-state index in [0.29, 0.717) is 25.3 Å². The van der Waals surface area contributed by atoms with Gasteiger partial charge in [-0.25, -0.2) is 9.98 Å². The Kier molecular flexibility index (Phi) is 9.81. The van der Waals surface area contributed by atoms with Gasteiger partial charge in [-0.15, -0.1) is 17.9 Å². The van der Waals surface area contributed by atoms with Crippen LogP contribution in [0.5, 0.6) is 11.5 Å². The van der Waals surface area contributed by atoms with Crippen molar-refractivity contribution in [2.24, 2.45) is 4.99 Å². The van der Waals surface area contributed by atoms with E-state index in [4.69, 9.17) is 19.2 Å². The standard InChI is InChI=1S/C23H34N4O3S/c1-8-10-18-11-17(12-20(29-6)21(18)30-7)13-25-23(24-9-2)27(4)14-19-15-31-22(26-19)16(3)28-5/h8,11-12,15-16H,1,9-10,13-14H2,2-7H3,(H,24,25). The van der Waals surface area contributed by atoms with E-state index in [-0.39, 0.29) is 6.10 Å². The van der Waals surface area contributed by atoms with Gasteiger partial charge in [0.25, 0.3) is 0 Å². The summed E-state index contributed by atoms with van der Waals surface area (Å²) in [6.07, 6.45) is 2.55. The van der Waals surface area contributed by atoms with Gasteiger partial charge in [-0.1, -0.05) is 6.08 Å². The first-order valence-corrected chi connectivity index (χ1v) is 11.2. The molecular weight excluding hydrogens is 412 g/mol. The number of allylic oxidation sites excluding steroid dienone is 1. The number of benzene rings is 1. The molecule has 1 unspecified atom stereocenters. The van der Waals surface area contributed by atoms with Crippen molar-refractivity contribution in [1.29, 1.82) is 0 Å². The maximum atomic E-state index is 5.53. The SMILES string of the molecule is C=CCc1cc(CN=C(NCC)N(C)Cc2csc(C(C)OC)n2)cc(OC)c1OC. The van der Waals surface area contributed by atoms with Crippen molar-refractivity contribution in [3.05, 3.63) is 52.0 Å². The quantitative estimate of drug-likeness (QED) is 0.317. The lowest BCUT2D eigenvalue weighted by molar-refractivity contribution is 0.119. The maximum Gasteiger partial charge on any atom is 0.194 e. The van der Waals surface area contributed by atoms with Crippen LogP contribution < -0.4 is 14.8 Å². The average Bonchev–Trinajstić information content (AvgIpc) is 3.24. The van der Waals surface area contributed by atoms with Crippen LogP contribution in [0, 0.1) is 0 Å². The van der Waals surface area contributed by atoms with Gasteiger partial charge in [0.2, 0.25) is 0 Å². The Balaban J connectivity index is 2.20. The van der Waals surface area contributed by atoms with E-state index in [1.807, 2.05) is 26.1 Å². The number of thiazole rings is 1. The molecule has 0 aliphatic rings. The Morgan fingerprint density at radius 3 is 2.71 bits per heavy atom. The highest BCUT2D eigenvalue weighted by atomic mass is 32.1. The Morgan fingerprint density at radius 2 is 2.10 bits per heavy atom. The minimum atomic E-state index is 0.000717. The van der Waals surface area contributed by atoms with Gasteiger partial charge < -0.3 is 24.4 Å². The van der Waals surface area contributed by atoms with Crippen LogP contribution in [0.15, 0.2) is 35.2 Å². The molecule has 0 saturated heterocycles. The normalized spacial score (nSPS) is 12.4. The summed E-state index contributed by atoms with van der Waals surface area (Å²) >= 11 is 1.62.